The van der Waals surface area contributed by atoms with E-state index in [0.717, 1.165) is 24.8 Å². The standard InChI is InChI=1S/C31H38Cl2FN5O5/c1-18(27-23(32)8-9-24(34)28(27)33)42-25-11-19(13-36-29(25)35)20-14-37-38(15-20)16-21-12-22(43-26-7-5-6-10-41-26)17-39(21)30(40)44-31(2,3)4/h8-9,11,13-15,18,21-22,26H,5-7,10,12,16-17H2,1-4H3,(H2,35,36)/t18-,21+,22?,26?/m1/s1. The summed E-state index contributed by atoms with van der Waals surface area (Å²) in [5.74, 6) is -0.152. The van der Waals surface area contributed by atoms with Gasteiger partial charge >= 0.3 is 6.09 Å². The minimum absolute atomic E-state index is 0.111. The molecule has 5 rings (SSSR count). The molecular formula is C31H38Cl2FN5O5. The number of carbonyl (C=O) groups is 1. The third kappa shape index (κ3) is 7.74. The van der Waals surface area contributed by atoms with Gasteiger partial charge in [-0.05, 0) is 71.6 Å². The topological polar surface area (TPSA) is 114 Å². The average Bonchev–Trinajstić information content (AvgIpc) is 3.59. The molecule has 2 aromatic heterocycles. The van der Waals surface area contributed by atoms with Crippen molar-refractivity contribution in [3.63, 3.8) is 0 Å². The van der Waals surface area contributed by atoms with Gasteiger partial charge in [-0.15, -0.1) is 0 Å². The SMILES string of the molecule is C[C@@H](Oc1cc(-c2cnn(C[C@@H]3CC(OC4CCCCO4)CN3C(=O)OC(C)(C)C)c2)cnc1N)c1c(Cl)ccc(F)c1Cl. The summed E-state index contributed by atoms with van der Waals surface area (Å²) in [6.07, 6.45) is 7.23. The third-order valence-corrected chi connectivity index (χ3v) is 8.24. The maximum Gasteiger partial charge on any atom is 0.410 e. The minimum Gasteiger partial charge on any atom is -0.482 e. The molecule has 4 atom stereocenters. The third-order valence-electron chi connectivity index (χ3n) is 7.52. The van der Waals surface area contributed by atoms with Crippen molar-refractivity contribution in [2.24, 2.45) is 0 Å². The molecule has 0 bridgehead atoms. The van der Waals surface area contributed by atoms with Crippen LogP contribution in [0.15, 0.2) is 36.8 Å². The molecule has 238 valence electrons. The second-order valence-electron chi connectivity index (χ2n) is 12.2. The normalized spacial score (nSPS) is 21.3. The van der Waals surface area contributed by atoms with Gasteiger partial charge in [-0.3, -0.25) is 4.68 Å². The van der Waals surface area contributed by atoms with Crippen molar-refractivity contribution in [3.8, 4) is 16.9 Å². The molecule has 0 radical (unpaired) electrons. The second-order valence-corrected chi connectivity index (χ2v) is 12.9. The van der Waals surface area contributed by atoms with Crippen LogP contribution in [0.2, 0.25) is 10.0 Å². The second kappa shape index (κ2) is 13.5. The number of amides is 1. The van der Waals surface area contributed by atoms with E-state index in [4.69, 9.17) is 47.9 Å². The lowest BCUT2D eigenvalue weighted by Gasteiger charge is -2.28. The molecule has 10 nitrogen and oxygen atoms in total. The molecule has 2 aliphatic rings. The summed E-state index contributed by atoms with van der Waals surface area (Å²) in [6, 6.07) is 4.16. The number of ether oxygens (including phenoxy) is 4. The smallest absolute Gasteiger partial charge is 0.410 e. The van der Waals surface area contributed by atoms with Crippen molar-refractivity contribution in [2.75, 3.05) is 18.9 Å². The molecule has 1 aromatic carbocycles. The predicted molar refractivity (Wildman–Crippen MR) is 165 cm³/mol. The van der Waals surface area contributed by atoms with E-state index < -0.39 is 17.5 Å². The maximum atomic E-state index is 14.1. The van der Waals surface area contributed by atoms with Crippen LogP contribution in [0.5, 0.6) is 5.75 Å². The van der Waals surface area contributed by atoms with E-state index in [1.54, 1.807) is 35.0 Å². The first-order valence-electron chi connectivity index (χ1n) is 14.7. The van der Waals surface area contributed by atoms with E-state index in [1.165, 1.54) is 12.1 Å². The van der Waals surface area contributed by atoms with E-state index >= 15 is 0 Å². The molecule has 0 saturated carbocycles. The van der Waals surface area contributed by atoms with Crippen LogP contribution in [0.4, 0.5) is 15.0 Å². The van der Waals surface area contributed by atoms with Gasteiger partial charge < -0.3 is 29.6 Å². The van der Waals surface area contributed by atoms with Crippen molar-refractivity contribution in [2.45, 2.75) is 90.1 Å². The number of aromatic nitrogens is 3. The number of benzene rings is 1. The first-order valence-corrected chi connectivity index (χ1v) is 15.5. The van der Waals surface area contributed by atoms with Crippen molar-refractivity contribution in [3.05, 3.63) is 58.2 Å². The average molecular weight is 651 g/mol. The van der Waals surface area contributed by atoms with Crippen LogP contribution in [-0.2, 0) is 20.8 Å². The molecule has 4 heterocycles. The molecule has 3 aromatic rings. The predicted octanol–water partition coefficient (Wildman–Crippen LogP) is 7.03. The van der Waals surface area contributed by atoms with Gasteiger partial charge in [0.2, 0.25) is 0 Å². The van der Waals surface area contributed by atoms with Crippen LogP contribution in [-0.4, -0.2) is 62.9 Å². The zero-order valence-corrected chi connectivity index (χ0v) is 26.8. The molecule has 44 heavy (non-hydrogen) atoms. The lowest BCUT2D eigenvalue weighted by molar-refractivity contribution is -0.185. The lowest BCUT2D eigenvalue weighted by atomic mass is 10.1. The van der Waals surface area contributed by atoms with Gasteiger partial charge in [-0.2, -0.15) is 5.10 Å². The Balaban J connectivity index is 1.31. The summed E-state index contributed by atoms with van der Waals surface area (Å²) in [7, 11) is 0. The number of nitrogens with zero attached hydrogens (tertiary/aromatic N) is 4. The van der Waals surface area contributed by atoms with Crippen LogP contribution in [0, 0.1) is 5.82 Å². The number of nitrogens with two attached hydrogens (primary N) is 1. The van der Waals surface area contributed by atoms with Crippen molar-refractivity contribution in [1.29, 1.82) is 0 Å². The number of hydrogen-bond donors (Lipinski definition) is 1. The molecule has 2 N–H and O–H groups in total. The Bertz CT molecular complexity index is 1480. The summed E-state index contributed by atoms with van der Waals surface area (Å²) in [5, 5.41) is 4.72. The van der Waals surface area contributed by atoms with Crippen LogP contribution in [0.1, 0.15) is 65.0 Å². The van der Waals surface area contributed by atoms with Gasteiger partial charge in [0.05, 0.1) is 36.5 Å². The highest BCUT2D eigenvalue weighted by Crippen LogP contribution is 2.37. The molecule has 13 heteroatoms. The first kappa shape index (κ1) is 32.3. The van der Waals surface area contributed by atoms with Crippen LogP contribution < -0.4 is 10.5 Å². The molecule has 2 unspecified atom stereocenters. The van der Waals surface area contributed by atoms with Crippen molar-refractivity contribution < 1.29 is 28.1 Å². The molecule has 2 fully saturated rings. The van der Waals surface area contributed by atoms with Gasteiger partial charge in [-0.1, -0.05) is 23.2 Å². The molecule has 0 aliphatic carbocycles. The summed E-state index contributed by atoms with van der Waals surface area (Å²) >= 11 is 12.5. The Hall–Kier alpha value is -3.12. The number of pyridine rings is 1. The Morgan fingerprint density at radius 2 is 2.02 bits per heavy atom. The van der Waals surface area contributed by atoms with E-state index in [0.29, 0.717) is 37.2 Å². The molecule has 0 spiro atoms. The Labute approximate surface area is 266 Å². The molecule has 2 saturated heterocycles. The fourth-order valence-electron chi connectivity index (χ4n) is 5.42. The first-order chi connectivity index (χ1) is 20.9. The molecular weight excluding hydrogens is 612 g/mol. The van der Waals surface area contributed by atoms with Crippen molar-refractivity contribution in [1.82, 2.24) is 19.7 Å². The van der Waals surface area contributed by atoms with Crippen molar-refractivity contribution >= 4 is 35.1 Å². The largest absolute Gasteiger partial charge is 0.482 e. The van der Waals surface area contributed by atoms with E-state index in [1.807, 2.05) is 27.0 Å². The Morgan fingerprint density at radius 3 is 2.75 bits per heavy atom. The molecule has 1 amide bonds. The summed E-state index contributed by atoms with van der Waals surface area (Å²) in [5.41, 5.74) is 7.27. The number of nitrogen functional groups attached to an aromatic ring is 1. The zero-order chi connectivity index (χ0) is 31.6. The summed E-state index contributed by atoms with van der Waals surface area (Å²) in [6.45, 7) is 8.77. The lowest BCUT2D eigenvalue weighted by Crippen LogP contribution is -2.42. The van der Waals surface area contributed by atoms with Gasteiger partial charge in [0, 0.05) is 40.7 Å². The number of carbonyl (C=O) groups excluding carboxylic acids is 1. The number of anilines is 1. The van der Waals surface area contributed by atoms with Crippen LogP contribution in [0.25, 0.3) is 11.1 Å². The number of rotatable bonds is 8. The van der Waals surface area contributed by atoms with E-state index in [9.17, 15) is 9.18 Å². The van der Waals surface area contributed by atoms with Crippen LogP contribution >= 0.6 is 23.2 Å². The zero-order valence-electron chi connectivity index (χ0n) is 25.3. The minimum atomic E-state index is -0.705. The van der Waals surface area contributed by atoms with E-state index in [2.05, 4.69) is 10.1 Å². The van der Waals surface area contributed by atoms with Gasteiger partial charge in [0.25, 0.3) is 0 Å². The maximum absolute atomic E-state index is 14.1. The highest BCUT2D eigenvalue weighted by Gasteiger charge is 2.39. The molecule has 2 aliphatic heterocycles. The number of halogens is 3. The van der Waals surface area contributed by atoms with Gasteiger partial charge in [0.1, 0.15) is 17.5 Å². The number of likely N-dealkylation sites (tertiary alicyclic amines) is 1. The van der Waals surface area contributed by atoms with Gasteiger partial charge in [0.15, 0.2) is 17.9 Å². The summed E-state index contributed by atoms with van der Waals surface area (Å²) < 4.78 is 39.7. The van der Waals surface area contributed by atoms with Crippen LogP contribution in [0.3, 0.4) is 0 Å². The fraction of sp³-hybridized carbons (Fsp3) is 0.516. The Kier molecular flexibility index (Phi) is 9.89. The fourth-order valence-corrected chi connectivity index (χ4v) is 6.10. The Morgan fingerprint density at radius 1 is 1.23 bits per heavy atom. The monoisotopic (exact) mass is 649 g/mol. The highest BCUT2D eigenvalue weighted by molar-refractivity contribution is 6.36. The van der Waals surface area contributed by atoms with Gasteiger partial charge in [-0.25, -0.2) is 14.2 Å². The number of hydrogen-bond acceptors (Lipinski definition) is 8. The highest BCUT2D eigenvalue weighted by atomic mass is 35.5. The summed E-state index contributed by atoms with van der Waals surface area (Å²) in [4.78, 5) is 19.2. The quantitative estimate of drug-likeness (QED) is 0.259. The van der Waals surface area contributed by atoms with E-state index in [-0.39, 0.29) is 46.1 Å².